The Kier molecular flexibility index (Phi) is 2.76. The molecule has 4 rings (SSSR count). The number of ketones is 2. The fraction of sp³-hybridized carbons (Fsp3) is 0.176. The number of benzene rings is 1. The van der Waals surface area contributed by atoms with Gasteiger partial charge in [0, 0.05) is 18.3 Å². The number of nitrogens with zero attached hydrogens (tertiary/aromatic N) is 1. The van der Waals surface area contributed by atoms with Gasteiger partial charge in [-0.1, -0.05) is 30.3 Å². The molecular formula is C17H12BrNO2. The average Bonchev–Trinajstić information content (AvgIpc) is 3.05. The number of hydrogen-bond donors (Lipinski definition) is 0. The number of hydrogen-bond acceptors (Lipinski definition) is 2. The van der Waals surface area contributed by atoms with Gasteiger partial charge in [-0.05, 0) is 34.3 Å². The maximum atomic E-state index is 12.5. The SMILES string of the molecule is O=C1C(Br)=CC(=O)c2c1c1n(c2-c2ccccc2)CCC1. The molecule has 4 heteroatoms. The standard InChI is InChI=1S/C17H12BrNO2/c18-11-9-13(20)15-14(17(11)21)12-7-4-8-19(12)16(15)10-5-2-1-3-6-10/h1-3,5-6,9H,4,7-8H2. The average molecular weight is 342 g/mol. The van der Waals surface area contributed by atoms with E-state index in [9.17, 15) is 9.59 Å². The first-order valence-corrected chi connectivity index (χ1v) is 7.75. The Hall–Kier alpha value is -1.94. The van der Waals surface area contributed by atoms with E-state index in [0.29, 0.717) is 15.6 Å². The van der Waals surface area contributed by atoms with Crippen LogP contribution in [-0.4, -0.2) is 16.1 Å². The largest absolute Gasteiger partial charge is 0.343 e. The van der Waals surface area contributed by atoms with Crippen LogP contribution < -0.4 is 0 Å². The zero-order chi connectivity index (χ0) is 14.6. The van der Waals surface area contributed by atoms with Crippen LogP contribution in [0.4, 0.5) is 0 Å². The number of fused-ring (bicyclic) bond motifs is 3. The van der Waals surface area contributed by atoms with Gasteiger partial charge < -0.3 is 4.57 Å². The molecule has 0 radical (unpaired) electrons. The molecule has 0 atom stereocenters. The number of carbonyl (C=O) groups excluding carboxylic acids is 2. The molecule has 0 unspecified atom stereocenters. The van der Waals surface area contributed by atoms with Crippen molar-refractivity contribution in [3.05, 3.63) is 57.7 Å². The summed E-state index contributed by atoms with van der Waals surface area (Å²) in [5.74, 6) is -0.158. The van der Waals surface area contributed by atoms with Crippen LogP contribution in [0.1, 0.15) is 32.8 Å². The van der Waals surface area contributed by atoms with Gasteiger partial charge in [-0.15, -0.1) is 0 Å². The van der Waals surface area contributed by atoms with Crippen molar-refractivity contribution in [2.45, 2.75) is 19.4 Å². The molecule has 0 bridgehead atoms. The number of rotatable bonds is 1. The number of Topliss-reactive ketones (excluding diaryl/α,β-unsaturated/α-hetero) is 1. The Bertz CT molecular complexity index is 815. The molecule has 2 heterocycles. The Morgan fingerprint density at radius 3 is 2.57 bits per heavy atom. The quantitative estimate of drug-likeness (QED) is 0.792. The highest BCUT2D eigenvalue weighted by Crippen LogP contribution is 2.40. The van der Waals surface area contributed by atoms with Gasteiger partial charge in [0.15, 0.2) is 5.78 Å². The van der Waals surface area contributed by atoms with Crippen LogP contribution in [-0.2, 0) is 13.0 Å². The molecule has 1 aromatic heterocycles. The fourth-order valence-corrected chi connectivity index (χ4v) is 3.74. The van der Waals surface area contributed by atoms with Crippen molar-refractivity contribution in [2.75, 3.05) is 0 Å². The Morgan fingerprint density at radius 1 is 1.05 bits per heavy atom. The third-order valence-corrected chi connectivity index (χ3v) is 4.75. The van der Waals surface area contributed by atoms with Crippen molar-refractivity contribution in [1.82, 2.24) is 4.57 Å². The molecule has 0 spiro atoms. The second kappa shape index (κ2) is 4.53. The summed E-state index contributed by atoms with van der Waals surface area (Å²) in [4.78, 5) is 25.0. The molecular weight excluding hydrogens is 330 g/mol. The van der Waals surface area contributed by atoms with Crippen LogP contribution in [0.3, 0.4) is 0 Å². The molecule has 0 saturated carbocycles. The summed E-state index contributed by atoms with van der Waals surface area (Å²) in [6, 6.07) is 9.85. The number of carbonyl (C=O) groups is 2. The maximum Gasteiger partial charge on any atom is 0.202 e. The van der Waals surface area contributed by atoms with Gasteiger partial charge in [-0.25, -0.2) is 0 Å². The Labute approximate surface area is 130 Å². The van der Waals surface area contributed by atoms with Crippen LogP contribution in [0.5, 0.6) is 0 Å². The third kappa shape index (κ3) is 1.72. The van der Waals surface area contributed by atoms with E-state index in [0.717, 1.165) is 36.3 Å². The maximum absolute atomic E-state index is 12.5. The molecule has 2 aromatic rings. The first-order valence-electron chi connectivity index (χ1n) is 6.95. The van der Waals surface area contributed by atoms with Gasteiger partial charge >= 0.3 is 0 Å². The van der Waals surface area contributed by atoms with Gasteiger partial charge in [0.25, 0.3) is 0 Å². The topological polar surface area (TPSA) is 39.1 Å². The molecule has 1 aliphatic carbocycles. The molecule has 104 valence electrons. The van der Waals surface area contributed by atoms with Crippen LogP contribution in [0, 0.1) is 0 Å². The van der Waals surface area contributed by atoms with Crippen molar-refractivity contribution >= 4 is 27.5 Å². The van der Waals surface area contributed by atoms with Gasteiger partial charge in [0.05, 0.1) is 21.3 Å². The van der Waals surface area contributed by atoms with Gasteiger partial charge in [0.1, 0.15) is 0 Å². The molecule has 0 amide bonds. The second-order valence-electron chi connectivity index (χ2n) is 5.35. The number of halogens is 1. The van der Waals surface area contributed by atoms with Gasteiger partial charge in [0.2, 0.25) is 5.78 Å². The summed E-state index contributed by atoms with van der Waals surface area (Å²) in [6.07, 6.45) is 3.27. The zero-order valence-electron chi connectivity index (χ0n) is 11.2. The van der Waals surface area contributed by atoms with E-state index in [-0.39, 0.29) is 11.6 Å². The summed E-state index contributed by atoms with van der Waals surface area (Å²) < 4.78 is 2.51. The van der Waals surface area contributed by atoms with Crippen LogP contribution in [0.2, 0.25) is 0 Å². The summed E-state index contributed by atoms with van der Waals surface area (Å²) in [5, 5.41) is 0. The smallest absolute Gasteiger partial charge is 0.202 e. The minimum Gasteiger partial charge on any atom is -0.343 e. The highest BCUT2D eigenvalue weighted by molar-refractivity contribution is 9.12. The van der Waals surface area contributed by atoms with E-state index in [1.165, 1.54) is 6.08 Å². The lowest BCUT2D eigenvalue weighted by atomic mass is 9.92. The number of allylic oxidation sites excluding steroid dienone is 2. The predicted octanol–water partition coefficient (Wildman–Crippen LogP) is 3.76. The van der Waals surface area contributed by atoms with E-state index >= 15 is 0 Å². The molecule has 1 aromatic carbocycles. The van der Waals surface area contributed by atoms with Crippen molar-refractivity contribution in [3.63, 3.8) is 0 Å². The Balaban J connectivity index is 2.08. The van der Waals surface area contributed by atoms with Crippen molar-refractivity contribution in [3.8, 4) is 11.3 Å². The third-order valence-electron chi connectivity index (χ3n) is 4.16. The second-order valence-corrected chi connectivity index (χ2v) is 6.21. The van der Waals surface area contributed by atoms with Crippen molar-refractivity contribution in [1.29, 1.82) is 0 Å². The lowest BCUT2D eigenvalue weighted by Crippen LogP contribution is -2.14. The molecule has 0 N–H and O–H groups in total. The molecule has 2 aliphatic rings. The molecule has 0 saturated heterocycles. The summed E-state index contributed by atoms with van der Waals surface area (Å²) >= 11 is 3.22. The monoisotopic (exact) mass is 341 g/mol. The fourth-order valence-electron chi connectivity index (χ4n) is 3.33. The highest BCUT2D eigenvalue weighted by atomic mass is 79.9. The summed E-state index contributed by atoms with van der Waals surface area (Å²) in [7, 11) is 0. The van der Waals surface area contributed by atoms with Crippen molar-refractivity contribution in [2.24, 2.45) is 0 Å². The molecule has 21 heavy (non-hydrogen) atoms. The summed E-state index contributed by atoms with van der Waals surface area (Å²) in [5.41, 5.74) is 4.07. The lowest BCUT2D eigenvalue weighted by molar-refractivity contribution is 0.0992. The van der Waals surface area contributed by atoms with E-state index in [4.69, 9.17) is 0 Å². The molecule has 1 aliphatic heterocycles. The van der Waals surface area contributed by atoms with E-state index in [1.54, 1.807) is 0 Å². The first-order chi connectivity index (χ1) is 10.2. The van der Waals surface area contributed by atoms with E-state index in [1.807, 2.05) is 30.3 Å². The van der Waals surface area contributed by atoms with Crippen molar-refractivity contribution < 1.29 is 9.59 Å². The van der Waals surface area contributed by atoms with E-state index < -0.39 is 0 Å². The van der Waals surface area contributed by atoms with Crippen LogP contribution in [0.15, 0.2) is 40.9 Å². The first kappa shape index (κ1) is 12.8. The molecule has 3 nitrogen and oxygen atoms in total. The minimum atomic E-state index is -0.0859. The number of aromatic nitrogens is 1. The normalized spacial score (nSPS) is 16.7. The highest BCUT2D eigenvalue weighted by Gasteiger charge is 2.36. The van der Waals surface area contributed by atoms with E-state index in [2.05, 4.69) is 20.5 Å². The van der Waals surface area contributed by atoms with Gasteiger partial charge in [-0.3, -0.25) is 9.59 Å². The summed E-state index contributed by atoms with van der Waals surface area (Å²) in [6.45, 7) is 0.866. The van der Waals surface area contributed by atoms with Crippen LogP contribution >= 0.6 is 15.9 Å². The van der Waals surface area contributed by atoms with Crippen LogP contribution in [0.25, 0.3) is 11.3 Å². The minimum absolute atomic E-state index is 0.0718. The molecule has 0 fully saturated rings. The lowest BCUT2D eigenvalue weighted by Gasteiger charge is -2.11. The van der Waals surface area contributed by atoms with Gasteiger partial charge in [-0.2, -0.15) is 0 Å². The zero-order valence-corrected chi connectivity index (χ0v) is 12.8. The Morgan fingerprint density at radius 2 is 1.81 bits per heavy atom. The predicted molar refractivity (Wildman–Crippen MR) is 83.9 cm³/mol.